The van der Waals surface area contributed by atoms with Gasteiger partial charge in [0.05, 0.1) is 7.11 Å². The van der Waals surface area contributed by atoms with Crippen LogP contribution >= 0.6 is 27.5 Å². The highest BCUT2D eigenvalue weighted by atomic mass is 79.9. The first-order valence-corrected chi connectivity index (χ1v) is 6.59. The predicted octanol–water partition coefficient (Wildman–Crippen LogP) is 3.42. The van der Waals surface area contributed by atoms with Crippen molar-refractivity contribution in [2.75, 3.05) is 19.5 Å². The van der Waals surface area contributed by atoms with Crippen molar-refractivity contribution in [2.24, 2.45) is 5.92 Å². The molecule has 0 bridgehead atoms. The molecule has 1 rings (SSSR count). The minimum absolute atomic E-state index is 0.486. The Bertz CT molecular complexity index is 333. The molecule has 1 atom stereocenters. The number of hydrogen-bond donors (Lipinski definition) is 1. The van der Waals surface area contributed by atoms with E-state index in [1.54, 1.807) is 7.11 Å². The first-order valence-electron chi connectivity index (χ1n) is 5.26. The maximum absolute atomic E-state index is 5.75. The second-order valence-corrected chi connectivity index (χ2v) is 5.07. The Morgan fingerprint density at radius 1 is 1.50 bits per heavy atom. The van der Waals surface area contributed by atoms with E-state index in [4.69, 9.17) is 16.3 Å². The lowest BCUT2D eigenvalue weighted by Crippen LogP contribution is -2.21. The largest absolute Gasteiger partial charge is 0.496 e. The van der Waals surface area contributed by atoms with Crippen LogP contribution in [0.25, 0.3) is 0 Å². The summed E-state index contributed by atoms with van der Waals surface area (Å²) >= 11 is 9.20. The summed E-state index contributed by atoms with van der Waals surface area (Å²) in [7, 11) is 1.69. The van der Waals surface area contributed by atoms with Crippen molar-refractivity contribution >= 4 is 27.5 Å². The van der Waals surface area contributed by atoms with Gasteiger partial charge in [-0.05, 0) is 30.7 Å². The zero-order chi connectivity index (χ0) is 12.0. The molecule has 16 heavy (non-hydrogen) atoms. The molecule has 0 saturated carbocycles. The van der Waals surface area contributed by atoms with Crippen LogP contribution in [0.5, 0.6) is 5.75 Å². The van der Waals surface area contributed by atoms with Crippen LogP contribution < -0.4 is 10.1 Å². The van der Waals surface area contributed by atoms with Crippen LogP contribution in [0.15, 0.2) is 22.7 Å². The normalized spacial score (nSPS) is 12.5. The van der Waals surface area contributed by atoms with E-state index in [0.29, 0.717) is 11.8 Å². The van der Waals surface area contributed by atoms with Gasteiger partial charge in [-0.15, -0.1) is 11.6 Å². The predicted molar refractivity (Wildman–Crippen MR) is 72.3 cm³/mol. The Morgan fingerprint density at radius 3 is 2.88 bits per heavy atom. The smallest absolute Gasteiger partial charge is 0.123 e. The van der Waals surface area contributed by atoms with Crippen LogP contribution in [0.4, 0.5) is 0 Å². The van der Waals surface area contributed by atoms with Gasteiger partial charge >= 0.3 is 0 Å². The molecule has 4 heteroatoms. The fourth-order valence-electron chi connectivity index (χ4n) is 1.39. The molecule has 0 aliphatic rings. The van der Waals surface area contributed by atoms with E-state index >= 15 is 0 Å². The number of hydrogen-bond acceptors (Lipinski definition) is 2. The monoisotopic (exact) mass is 305 g/mol. The second-order valence-electron chi connectivity index (χ2n) is 3.85. The number of rotatable bonds is 6. The van der Waals surface area contributed by atoms with Crippen molar-refractivity contribution in [1.29, 1.82) is 0 Å². The molecule has 0 aliphatic heterocycles. The van der Waals surface area contributed by atoms with Gasteiger partial charge in [-0.3, -0.25) is 0 Å². The summed E-state index contributed by atoms with van der Waals surface area (Å²) in [6.45, 7) is 3.83. The van der Waals surface area contributed by atoms with E-state index in [2.05, 4.69) is 34.2 Å². The molecule has 0 amide bonds. The van der Waals surface area contributed by atoms with Gasteiger partial charge in [-0.2, -0.15) is 0 Å². The minimum atomic E-state index is 0.486. The highest BCUT2D eigenvalue weighted by Gasteiger charge is 2.04. The summed E-state index contributed by atoms with van der Waals surface area (Å²) < 4.78 is 6.36. The van der Waals surface area contributed by atoms with Crippen LogP contribution in [0.3, 0.4) is 0 Å². The van der Waals surface area contributed by atoms with E-state index in [9.17, 15) is 0 Å². The SMILES string of the molecule is COc1ccc(Br)cc1CNCC(C)CCl. The molecule has 0 fully saturated rings. The molecular formula is C12H17BrClNO. The number of benzene rings is 1. The number of ether oxygens (including phenoxy) is 1. The molecule has 1 aromatic rings. The van der Waals surface area contributed by atoms with Crippen molar-refractivity contribution in [3.05, 3.63) is 28.2 Å². The molecular weight excluding hydrogens is 289 g/mol. The molecule has 0 heterocycles. The molecule has 0 spiro atoms. The first-order chi connectivity index (χ1) is 7.67. The maximum Gasteiger partial charge on any atom is 0.123 e. The highest BCUT2D eigenvalue weighted by molar-refractivity contribution is 9.10. The quantitative estimate of drug-likeness (QED) is 0.813. The molecule has 0 aliphatic carbocycles. The lowest BCUT2D eigenvalue weighted by atomic mass is 10.2. The van der Waals surface area contributed by atoms with Crippen LogP contribution in [-0.4, -0.2) is 19.5 Å². The number of halogens is 2. The molecule has 1 unspecified atom stereocenters. The molecule has 0 aromatic heterocycles. The zero-order valence-electron chi connectivity index (χ0n) is 9.59. The summed E-state index contributed by atoms with van der Waals surface area (Å²) in [6.07, 6.45) is 0. The lowest BCUT2D eigenvalue weighted by Gasteiger charge is -2.12. The summed E-state index contributed by atoms with van der Waals surface area (Å²) in [6, 6.07) is 6.01. The molecule has 1 N–H and O–H groups in total. The summed E-state index contributed by atoms with van der Waals surface area (Å²) in [5.41, 5.74) is 1.15. The van der Waals surface area contributed by atoms with E-state index in [0.717, 1.165) is 28.9 Å². The van der Waals surface area contributed by atoms with Gasteiger partial charge in [-0.1, -0.05) is 22.9 Å². The third-order valence-electron chi connectivity index (χ3n) is 2.31. The minimum Gasteiger partial charge on any atom is -0.496 e. The van der Waals surface area contributed by atoms with Crippen molar-refractivity contribution in [3.63, 3.8) is 0 Å². The van der Waals surface area contributed by atoms with Gasteiger partial charge in [-0.25, -0.2) is 0 Å². The Labute approximate surface area is 110 Å². The Morgan fingerprint density at radius 2 is 2.25 bits per heavy atom. The Balaban J connectivity index is 2.55. The summed E-state index contributed by atoms with van der Waals surface area (Å²) in [5, 5.41) is 3.37. The van der Waals surface area contributed by atoms with Crippen molar-refractivity contribution < 1.29 is 4.74 Å². The van der Waals surface area contributed by atoms with Gasteiger partial charge in [0.15, 0.2) is 0 Å². The maximum atomic E-state index is 5.75. The standard InChI is InChI=1S/C12H17BrClNO/c1-9(6-14)7-15-8-10-5-11(13)3-4-12(10)16-2/h3-5,9,15H,6-8H2,1-2H3. The van der Waals surface area contributed by atoms with Crippen molar-refractivity contribution in [3.8, 4) is 5.75 Å². The van der Waals surface area contributed by atoms with Gasteiger partial charge < -0.3 is 10.1 Å². The van der Waals surface area contributed by atoms with Crippen LogP contribution in [0.2, 0.25) is 0 Å². The molecule has 0 saturated heterocycles. The number of methoxy groups -OCH3 is 1. The average molecular weight is 307 g/mol. The molecule has 2 nitrogen and oxygen atoms in total. The van der Waals surface area contributed by atoms with Crippen LogP contribution in [0, 0.1) is 5.92 Å². The van der Waals surface area contributed by atoms with Gasteiger partial charge in [0, 0.05) is 22.5 Å². The summed E-state index contributed by atoms with van der Waals surface area (Å²) in [4.78, 5) is 0. The fourth-order valence-corrected chi connectivity index (χ4v) is 1.91. The lowest BCUT2D eigenvalue weighted by molar-refractivity contribution is 0.406. The Hall–Kier alpha value is -0.250. The average Bonchev–Trinajstić information content (AvgIpc) is 2.29. The van der Waals surface area contributed by atoms with Gasteiger partial charge in [0.25, 0.3) is 0 Å². The molecule has 0 radical (unpaired) electrons. The third kappa shape index (κ3) is 4.32. The van der Waals surface area contributed by atoms with E-state index in [1.165, 1.54) is 0 Å². The van der Waals surface area contributed by atoms with Crippen LogP contribution in [0.1, 0.15) is 12.5 Å². The van der Waals surface area contributed by atoms with Crippen molar-refractivity contribution in [2.45, 2.75) is 13.5 Å². The van der Waals surface area contributed by atoms with Gasteiger partial charge in [0.2, 0.25) is 0 Å². The summed E-state index contributed by atoms with van der Waals surface area (Å²) in [5.74, 6) is 2.08. The van der Waals surface area contributed by atoms with Crippen molar-refractivity contribution in [1.82, 2.24) is 5.32 Å². The first kappa shape index (κ1) is 13.8. The highest BCUT2D eigenvalue weighted by Crippen LogP contribution is 2.22. The number of nitrogens with one attached hydrogen (secondary N) is 1. The number of alkyl halides is 1. The third-order valence-corrected chi connectivity index (χ3v) is 3.33. The Kier molecular flexibility index (Phi) is 6.17. The second kappa shape index (κ2) is 7.15. The zero-order valence-corrected chi connectivity index (χ0v) is 11.9. The topological polar surface area (TPSA) is 21.3 Å². The van der Waals surface area contributed by atoms with E-state index in [-0.39, 0.29) is 0 Å². The van der Waals surface area contributed by atoms with E-state index < -0.39 is 0 Å². The molecule has 90 valence electrons. The fraction of sp³-hybridized carbons (Fsp3) is 0.500. The molecule has 1 aromatic carbocycles. The van der Waals surface area contributed by atoms with Gasteiger partial charge in [0.1, 0.15) is 5.75 Å². The van der Waals surface area contributed by atoms with E-state index in [1.807, 2.05) is 12.1 Å². The van der Waals surface area contributed by atoms with Crippen LogP contribution in [-0.2, 0) is 6.54 Å².